The van der Waals surface area contributed by atoms with Gasteiger partial charge in [-0.25, -0.2) is 5.48 Å². The Morgan fingerprint density at radius 1 is 1.50 bits per heavy atom. The van der Waals surface area contributed by atoms with Crippen LogP contribution in [0.4, 0.5) is 5.69 Å². The van der Waals surface area contributed by atoms with E-state index in [1.54, 1.807) is 0 Å². The third-order valence-corrected chi connectivity index (χ3v) is 2.39. The largest absolute Gasteiger partial charge is 0.275 e. The molecular weight excluding hydrogens is 304 g/mol. The Kier molecular flexibility index (Phi) is 5.24. The normalized spacial score (nSPS) is 10.4. The monoisotopic (exact) mass is 316 g/mol. The van der Waals surface area contributed by atoms with Crippen LogP contribution < -0.4 is 5.48 Å². The molecule has 0 aliphatic heterocycles. The van der Waals surface area contributed by atoms with Gasteiger partial charge in [-0.15, -0.1) is 0 Å². The van der Waals surface area contributed by atoms with Crippen LogP contribution in [-0.4, -0.2) is 17.4 Å². The summed E-state index contributed by atoms with van der Waals surface area (Å²) in [4.78, 5) is 26.7. The van der Waals surface area contributed by atoms with Crippen LogP contribution in [0, 0.1) is 16.0 Å². The zero-order valence-electron chi connectivity index (χ0n) is 9.97. The number of hydrogen-bond donors (Lipinski definition) is 1. The lowest BCUT2D eigenvalue weighted by Crippen LogP contribution is -2.25. The van der Waals surface area contributed by atoms with Gasteiger partial charge >= 0.3 is 0 Å². The third kappa shape index (κ3) is 4.42. The average Bonchev–Trinajstić information content (AvgIpc) is 2.27. The molecule has 0 fully saturated rings. The number of halogens is 1. The van der Waals surface area contributed by atoms with Crippen molar-refractivity contribution in [2.75, 3.05) is 6.61 Å². The first-order valence-electron chi connectivity index (χ1n) is 5.27. The van der Waals surface area contributed by atoms with Crippen LogP contribution in [0.2, 0.25) is 0 Å². The molecule has 0 saturated heterocycles. The molecule has 0 aromatic heterocycles. The lowest BCUT2D eigenvalue weighted by atomic mass is 10.2. The van der Waals surface area contributed by atoms with E-state index in [2.05, 4.69) is 21.4 Å². The van der Waals surface area contributed by atoms with Crippen LogP contribution >= 0.6 is 15.9 Å². The van der Waals surface area contributed by atoms with Crippen molar-refractivity contribution in [2.24, 2.45) is 5.92 Å². The van der Waals surface area contributed by atoms with Crippen molar-refractivity contribution < 1.29 is 14.6 Å². The molecule has 1 amide bonds. The summed E-state index contributed by atoms with van der Waals surface area (Å²) in [6, 6.07) is 4.01. The van der Waals surface area contributed by atoms with E-state index in [0.29, 0.717) is 11.1 Å². The maximum Gasteiger partial charge on any atom is 0.275 e. The molecule has 1 aromatic rings. The zero-order chi connectivity index (χ0) is 13.7. The second-order valence-corrected chi connectivity index (χ2v) is 5.01. The van der Waals surface area contributed by atoms with Gasteiger partial charge in [-0.3, -0.25) is 19.7 Å². The van der Waals surface area contributed by atoms with E-state index < -0.39 is 10.8 Å². The van der Waals surface area contributed by atoms with E-state index in [4.69, 9.17) is 4.84 Å². The predicted molar refractivity (Wildman–Crippen MR) is 69.1 cm³/mol. The molecule has 1 N–H and O–H groups in total. The van der Waals surface area contributed by atoms with E-state index in [1.165, 1.54) is 18.2 Å². The SMILES string of the molecule is CC(C)CONC(=O)c1cc(Br)cc([N+](=O)[O-])c1. The molecular formula is C11H13BrN2O4. The second kappa shape index (κ2) is 6.46. The van der Waals surface area contributed by atoms with Crippen molar-refractivity contribution in [1.82, 2.24) is 5.48 Å². The summed E-state index contributed by atoms with van der Waals surface area (Å²) in [5.41, 5.74) is 2.25. The highest BCUT2D eigenvalue weighted by Gasteiger charge is 2.13. The van der Waals surface area contributed by atoms with Gasteiger partial charge in [0.25, 0.3) is 11.6 Å². The number of nitro groups is 1. The van der Waals surface area contributed by atoms with Gasteiger partial charge in [0.1, 0.15) is 0 Å². The number of nitrogens with zero attached hydrogens (tertiary/aromatic N) is 1. The van der Waals surface area contributed by atoms with Crippen LogP contribution in [-0.2, 0) is 4.84 Å². The molecule has 0 aliphatic rings. The van der Waals surface area contributed by atoms with Crippen LogP contribution in [0.5, 0.6) is 0 Å². The number of rotatable bonds is 5. The summed E-state index contributed by atoms with van der Waals surface area (Å²) in [7, 11) is 0. The third-order valence-electron chi connectivity index (χ3n) is 1.94. The fraction of sp³-hybridized carbons (Fsp3) is 0.364. The fourth-order valence-corrected chi connectivity index (χ4v) is 1.62. The molecule has 6 nitrogen and oxygen atoms in total. The van der Waals surface area contributed by atoms with Gasteiger partial charge in [0.15, 0.2) is 0 Å². The van der Waals surface area contributed by atoms with Crippen LogP contribution in [0.15, 0.2) is 22.7 Å². The van der Waals surface area contributed by atoms with Crippen LogP contribution in [0.1, 0.15) is 24.2 Å². The smallest absolute Gasteiger partial charge is 0.273 e. The molecule has 1 aromatic carbocycles. The van der Waals surface area contributed by atoms with Gasteiger partial charge in [0.05, 0.1) is 11.5 Å². The van der Waals surface area contributed by atoms with Crippen molar-refractivity contribution in [1.29, 1.82) is 0 Å². The zero-order valence-corrected chi connectivity index (χ0v) is 11.6. The topological polar surface area (TPSA) is 81.5 Å². The summed E-state index contributed by atoms with van der Waals surface area (Å²) in [6.07, 6.45) is 0. The summed E-state index contributed by atoms with van der Waals surface area (Å²) >= 11 is 3.12. The van der Waals surface area contributed by atoms with Crippen molar-refractivity contribution in [2.45, 2.75) is 13.8 Å². The molecule has 98 valence electrons. The van der Waals surface area contributed by atoms with Crippen molar-refractivity contribution in [3.8, 4) is 0 Å². The molecule has 0 atom stereocenters. The number of benzene rings is 1. The lowest BCUT2D eigenvalue weighted by molar-refractivity contribution is -0.385. The number of non-ortho nitro benzene ring substituents is 1. The first-order chi connectivity index (χ1) is 8.40. The van der Waals surface area contributed by atoms with Crippen molar-refractivity contribution in [3.63, 3.8) is 0 Å². The number of nitrogens with one attached hydrogen (secondary N) is 1. The number of hydrogen-bond acceptors (Lipinski definition) is 4. The number of hydroxylamine groups is 1. The van der Waals surface area contributed by atoms with Gasteiger partial charge in [-0.2, -0.15) is 0 Å². The Bertz CT molecular complexity index is 462. The summed E-state index contributed by atoms with van der Waals surface area (Å²) < 4.78 is 0.464. The minimum atomic E-state index is -0.559. The minimum absolute atomic E-state index is 0.154. The van der Waals surface area contributed by atoms with E-state index >= 15 is 0 Å². The Hall–Kier alpha value is -1.47. The van der Waals surface area contributed by atoms with E-state index in [1.807, 2.05) is 13.8 Å². The maximum absolute atomic E-state index is 11.7. The number of nitro benzene ring substituents is 1. The Morgan fingerprint density at radius 2 is 2.17 bits per heavy atom. The van der Waals surface area contributed by atoms with Gasteiger partial charge in [0.2, 0.25) is 0 Å². The van der Waals surface area contributed by atoms with E-state index in [-0.39, 0.29) is 17.2 Å². The molecule has 0 unspecified atom stereocenters. The van der Waals surface area contributed by atoms with E-state index in [9.17, 15) is 14.9 Å². The molecule has 0 radical (unpaired) electrons. The molecule has 7 heteroatoms. The van der Waals surface area contributed by atoms with Gasteiger partial charge in [-0.05, 0) is 12.0 Å². The fourth-order valence-electron chi connectivity index (χ4n) is 1.14. The second-order valence-electron chi connectivity index (χ2n) is 4.09. The standard InChI is InChI=1S/C11H13BrN2O4/c1-7(2)6-18-13-11(15)8-3-9(12)5-10(4-8)14(16)17/h3-5,7H,6H2,1-2H3,(H,13,15). The summed E-state index contributed by atoms with van der Waals surface area (Å²) in [5.74, 6) is -0.234. The Balaban J connectivity index is 2.76. The summed E-state index contributed by atoms with van der Waals surface area (Å²) in [6.45, 7) is 4.26. The molecule has 18 heavy (non-hydrogen) atoms. The minimum Gasteiger partial charge on any atom is -0.273 e. The Labute approximate surface area is 113 Å². The quantitative estimate of drug-likeness (QED) is 0.668. The molecule has 0 saturated carbocycles. The number of amides is 1. The predicted octanol–water partition coefficient (Wildman–Crippen LogP) is 2.67. The maximum atomic E-state index is 11.7. The van der Waals surface area contributed by atoms with Crippen LogP contribution in [0.25, 0.3) is 0 Å². The molecule has 0 bridgehead atoms. The molecule has 0 aliphatic carbocycles. The van der Waals surface area contributed by atoms with Gasteiger partial charge in [-0.1, -0.05) is 29.8 Å². The number of carbonyl (C=O) groups is 1. The average molecular weight is 317 g/mol. The van der Waals surface area contributed by atoms with Crippen molar-refractivity contribution >= 4 is 27.5 Å². The highest BCUT2D eigenvalue weighted by Crippen LogP contribution is 2.21. The van der Waals surface area contributed by atoms with Crippen LogP contribution in [0.3, 0.4) is 0 Å². The first kappa shape index (κ1) is 14.6. The highest BCUT2D eigenvalue weighted by molar-refractivity contribution is 9.10. The van der Waals surface area contributed by atoms with Crippen molar-refractivity contribution in [3.05, 3.63) is 38.3 Å². The van der Waals surface area contributed by atoms with Gasteiger partial charge in [0, 0.05) is 22.2 Å². The van der Waals surface area contributed by atoms with E-state index in [0.717, 1.165) is 0 Å². The summed E-state index contributed by atoms with van der Waals surface area (Å²) in [5, 5.41) is 10.7. The molecule has 0 spiro atoms. The number of carbonyl (C=O) groups excluding carboxylic acids is 1. The molecule has 1 rings (SSSR count). The first-order valence-corrected chi connectivity index (χ1v) is 6.06. The Morgan fingerprint density at radius 3 is 2.72 bits per heavy atom. The van der Waals surface area contributed by atoms with Gasteiger partial charge < -0.3 is 0 Å². The molecule has 0 heterocycles. The highest BCUT2D eigenvalue weighted by atomic mass is 79.9. The lowest BCUT2D eigenvalue weighted by Gasteiger charge is -2.08.